The minimum absolute atomic E-state index is 0.0799. The van der Waals surface area contributed by atoms with E-state index >= 15 is 0 Å². The molecule has 1 N–H and O–H groups in total. The zero-order valence-corrected chi connectivity index (χ0v) is 17.9. The highest BCUT2D eigenvalue weighted by atomic mass is 35.5. The highest BCUT2D eigenvalue weighted by Crippen LogP contribution is 2.53. The number of likely N-dealkylation sites (tertiary alicyclic amines) is 1. The summed E-state index contributed by atoms with van der Waals surface area (Å²) in [7, 11) is 0. The Morgan fingerprint density at radius 1 is 1.28 bits per heavy atom. The monoisotopic (exact) mass is 410 g/mol. The number of aryl methyl sites for hydroxylation is 1. The number of halogens is 1. The van der Waals surface area contributed by atoms with Crippen molar-refractivity contribution in [3.63, 3.8) is 0 Å². The molecule has 1 aromatic carbocycles. The molecule has 152 valence electrons. The molecule has 0 unspecified atom stereocenters. The smallest absolute Gasteiger partial charge is 0.267 e. The van der Waals surface area contributed by atoms with Gasteiger partial charge in [-0.1, -0.05) is 17.7 Å². The third-order valence-corrected chi connectivity index (χ3v) is 7.15. The van der Waals surface area contributed by atoms with Gasteiger partial charge in [0.1, 0.15) is 6.07 Å². The van der Waals surface area contributed by atoms with Crippen LogP contribution >= 0.6 is 11.6 Å². The van der Waals surface area contributed by atoms with E-state index in [2.05, 4.69) is 27.2 Å². The summed E-state index contributed by atoms with van der Waals surface area (Å²) < 4.78 is 0. The van der Waals surface area contributed by atoms with Crippen molar-refractivity contribution in [1.29, 1.82) is 5.26 Å². The Hall–Kier alpha value is -2.16. The predicted octanol–water partition coefficient (Wildman–Crippen LogP) is 3.80. The summed E-state index contributed by atoms with van der Waals surface area (Å²) in [6.07, 6.45) is 7.36. The largest absolute Gasteiger partial charge is 0.302 e. The maximum atomic E-state index is 11.6. The van der Waals surface area contributed by atoms with E-state index in [4.69, 9.17) is 11.6 Å². The first-order valence-corrected chi connectivity index (χ1v) is 10.7. The number of rotatable bonds is 6. The van der Waals surface area contributed by atoms with Gasteiger partial charge in [0.2, 0.25) is 0 Å². The Balaban J connectivity index is 1.21. The number of hydrogen-bond acceptors (Lipinski definition) is 4. The highest BCUT2D eigenvalue weighted by Gasteiger charge is 2.51. The maximum Gasteiger partial charge on any atom is 0.267 e. The molecule has 0 amide bonds. The lowest BCUT2D eigenvalue weighted by Gasteiger charge is -2.59. The molecule has 6 heteroatoms. The summed E-state index contributed by atoms with van der Waals surface area (Å²) in [6.45, 7) is 7.35. The normalized spacial score (nSPS) is 18.3. The number of aromatic nitrogens is 2. The molecule has 1 saturated carbocycles. The lowest BCUT2D eigenvalue weighted by atomic mass is 9.56. The molecule has 2 fully saturated rings. The molecule has 1 aromatic heterocycles. The highest BCUT2D eigenvalue weighted by molar-refractivity contribution is 6.31. The maximum absolute atomic E-state index is 11.6. The van der Waals surface area contributed by atoms with E-state index in [0.717, 1.165) is 42.5 Å². The van der Waals surface area contributed by atoms with Crippen LogP contribution in [0.2, 0.25) is 5.02 Å². The predicted molar refractivity (Wildman–Crippen MR) is 114 cm³/mol. The van der Waals surface area contributed by atoms with Crippen molar-refractivity contribution in [1.82, 2.24) is 15.1 Å². The van der Waals surface area contributed by atoms with Gasteiger partial charge in [-0.3, -0.25) is 4.79 Å². The van der Waals surface area contributed by atoms with Gasteiger partial charge in [0.15, 0.2) is 0 Å². The average molecular weight is 411 g/mol. The van der Waals surface area contributed by atoms with Crippen molar-refractivity contribution in [3.8, 4) is 6.07 Å². The molecule has 29 heavy (non-hydrogen) atoms. The SMILES string of the molecule is Cc1c(CC2CC3(C2)CN(CCCc2cn[nH]c(=O)c2C)C3)ccc(Cl)c1C#N. The number of nitriles is 1. The fourth-order valence-corrected chi connectivity index (χ4v) is 5.51. The van der Waals surface area contributed by atoms with Gasteiger partial charge >= 0.3 is 0 Å². The van der Waals surface area contributed by atoms with Crippen LogP contribution in [0.25, 0.3) is 0 Å². The van der Waals surface area contributed by atoms with Crippen LogP contribution in [0.3, 0.4) is 0 Å². The lowest BCUT2D eigenvalue weighted by molar-refractivity contribution is -0.0937. The Morgan fingerprint density at radius 3 is 2.76 bits per heavy atom. The summed E-state index contributed by atoms with van der Waals surface area (Å²) in [5.74, 6) is 0.716. The van der Waals surface area contributed by atoms with Gasteiger partial charge in [-0.2, -0.15) is 10.4 Å². The van der Waals surface area contributed by atoms with E-state index in [9.17, 15) is 10.1 Å². The van der Waals surface area contributed by atoms with Crippen molar-refractivity contribution in [2.45, 2.75) is 46.0 Å². The van der Waals surface area contributed by atoms with E-state index in [1.807, 2.05) is 19.9 Å². The number of benzene rings is 1. The lowest BCUT2D eigenvalue weighted by Crippen LogP contribution is -2.62. The zero-order valence-electron chi connectivity index (χ0n) is 17.1. The van der Waals surface area contributed by atoms with Crippen LogP contribution in [0.5, 0.6) is 0 Å². The Kier molecular flexibility index (Phi) is 5.50. The first-order chi connectivity index (χ1) is 13.9. The van der Waals surface area contributed by atoms with Gasteiger partial charge in [0, 0.05) is 18.7 Å². The van der Waals surface area contributed by atoms with Crippen molar-refractivity contribution in [2.75, 3.05) is 19.6 Å². The van der Waals surface area contributed by atoms with E-state index in [1.54, 1.807) is 6.20 Å². The molecule has 1 aliphatic carbocycles. The Labute approximate surface area is 176 Å². The van der Waals surface area contributed by atoms with Gasteiger partial charge < -0.3 is 4.90 Å². The molecule has 0 bridgehead atoms. The quantitative estimate of drug-likeness (QED) is 0.786. The average Bonchev–Trinajstić information content (AvgIpc) is 2.63. The molecule has 5 nitrogen and oxygen atoms in total. The van der Waals surface area contributed by atoms with E-state index in [0.29, 0.717) is 21.9 Å². The summed E-state index contributed by atoms with van der Waals surface area (Å²) in [5.41, 5.74) is 5.22. The molecule has 0 atom stereocenters. The van der Waals surface area contributed by atoms with Gasteiger partial charge in [-0.15, -0.1) is 0 Å². The molecule has 4 rings (SSSR count). The second-order valence-corrected chi connectivity index (χ2v) is 9.37. The van der Waals surface area contributed by atoms with Crippen molar-refractivity contribution < 1.29 is 0 Å². The second kappa shape index (κ2) is 7.93. The molecule has 2 aliphatic rings. The molecular weight excluding hydrogens is 384 g/mol. The van der Waals surface area contributed by atoms with E-state index in [-0.39, 0.29) is 5.56 Å². The second-order valence-electron chi connectivity index (χ2n) is 8.96. The number of H-pyrrole nitrogens is 1. The van der Waals surface area contributed by atoms with Crippen molar-refractivity contribution >= 4 is 11.6 Å². The van der Waals surface area contributed by atoms with Crippen LogP contribution in [-0.4, -0.2) is 34.7 Å². The van der Waals surface area contributed by atoms with Crippen LogP contribution in [0.15, 0.2) is 23.1 Å². The number of nitrogens with zero attached hydrogens (tertiary/aromatic N) is 3. The first-order valence-electron chi connectivity index (χ1n) is 10.3. The van der Waals surface area contributed by atoms with E-state index < -0.39 is 0 Å². The topological polar surface area (TPSA) is 72.8 Å². The van der Waals surface area contributed by atoms with Gasteiger partial charge in [-0.25, -0.2) is 5.10 Å². The van der Waals surface area contributed by atoms with E-state index in [1.165, 1.54) is 31.5 Å². The summed E-state index contributed by atoms with van der Waals surface area (Å²) in [5, 5.41) is 16.2. The summed E-state index contributed by atoms with van der Waals surface area (Å²) >= 11 is 6.13. The molecule has 1 aliphatic heterocycles. The Morgan fingerprint density at radius 2 is 2.03 bits per heavy atom. The molecule has 1 spiro atoms. The van der Waals surface area contributed by atoms with Gasteiger partial charge in [-0.05, 0) is 86.6 Å². The summed E-state index contributed by atoms with van der Waals surface area (Å²) in [4.78, 5) is 14.2. The minimum atomic E-state index is -0.0799. The fourth-order valence-electron chi connectivity index (χ4n) is 5.26. The number of nitrogens with one attached hydrogen (secondary N) is 1. The third-order valence-electron chi connectivity index (χ3n) is 6.84. The van der Waals surface area contributed by atoms with Gasteiger partial charge in [0.05, 0.1) is 16.8 Å². The molecule has 0 radical (unpaired) electrons. The van der Waals surface area contributed by atoms with Crippen LogP contribution in [-0.2, 0) is 12.8 Å². The standard InChI is InChI=1S/C23H27ClN4O/c1-15-18(5-6-21(24)20(15)11-25)8-17-9-23(10-17)13-28(14-23)7-3-4-19-12-26-27-22(29)16(19)2/h5-6,12,17H,3-4,7-10,13-14H2,1-2H3,(H,27,29). The first kappa shape index (κ1) is 20.1. The number of aromatic amines is 1. The number of hydrogen-bond donors (Lipinski definition) is 1. The zero-order chi connectivity index (χ0) is 20.6. The van der Waals surface area contributed by atoms with Crippen molar-refractivity contribution in [3.05, 3.63) is 61.5 Å². The third kappa shape index (κ3) is 3.97. The van der Waals surface area contributed by atoms with Crippen molar-refractivity contribution in [2.24, 2.45) is 11.3 Å². The summed E-state index contributed by atoms with van der Waals surface area (Å²) in [6, 6.07) is 6.18. The van der Waals surface area contributed by atoms with Crippen LogP contribution in [0.4, 0.5) is 0 Å². The fraction of sp³-hybridized carbons (Fsp3) is 0.522. The minimum Gasteiger partial charge on any atom is -0.302 e. The molecule has 2 heterocycles. The molecule has 1 saturated heterocycles. The van der Waals surface area contributed by atoms with Crippen LogP contribution in [0, 0.1) is 36.5 Å². The Bertz CT molecular complexity index is 1010. The van der Waals surface area contributed by atoms with Crippen LogP contribution in [0.1, 0.15) is 47.1 Å². The molecular formula is C23H27ClN4O. The molecule has 2 aromatic rings. The van der Waals surface area contributed by atoms with Gasteiger partial charge in [0.25, 0.3) is 5.56 Å². The van der Waals surface area contributed by atoms with Crippen LogP contribution < -0.4 is 5.56 Å².